The van der Waals surface area contributed by atoms with Crippen molar-refractivity contribution in [3.63, 3.8) is 0 Å². The molecule has 0 N–H and O–H groups in total. The van der Waals surface area contributed by atoms with Crippen molar-refractivity contribution in [2.45, 2.75) is 17.3 Å². The lowest BCUT2D eigenvalue weighted by molar-refractivity contribution is 0.414. The van der Waals surface area contributed by atoms with Crippen LogP contribution in [0.25, 0.3) is 0 Å². The van der Waals surface area contributed by atoms with Crippen LogP contribution in [0.4, 0.5) is 0 Å². The molecule has 6 heteroatoms. The zero-order chi connectivity index (χ0) is 16.2. The summed E-state index contributed by atoms with van der Waals surface area (Å²) in [5.41, 5.74) is 2.44. The molecule has 0 saturated carbocycles. The molecule has 0 amide bonds. The van der Waals surface area contributed by atoms with E-state index in [0.29, 0.717) is 0 Å². The van der Waals surface area contributed by atoms with Gasteiger partial charge in [-0.2, -0.15) is 0 Å². The van der Waals surface area contributed by atoms with Crippen LogP contribution in [0.3, 0.4) is 0 Å². The summed E-state index contributed by atoms with van der Waals surface area (Å²) in [4.78, 5) is 0. The first kappa shape index (κ1) is 15.7. The second kappa shape index (κ2) is 6.91. The van der Waals surface area contributed by atoms with E-state index >= 15 is 0 Å². The molecule has 0 bridgehead atoms. The molecule has 0 aliphatic heterocycles. The minimum Gasteiger partial charge on any atom is -0.497 e. The number of benzene rings is 1. The lowest BCUT2D eigenvalue weighted by Crippen LogP contribution is -2.03. The van der Waals surface area contributed by atoms with Gasteiger partial charge in [0, 0.05) is 38.2 Å². The molecule has 5 nitrogen and oxygen atoms in total. The summed E-state index contributed by atoms with van der Waals surface area (Å²) in [6.07, 6.45) is 2.83. The van der Waals surface area contributed by atoms with Gasteiger partial charge in [-0.3, -0.25) is 0 Å². The maximum atomic E-state index is 5.26. The summed E-state index contributed by atoms with van der Waals surface area (Å²) in [5.74, 6) is 2.69. The molecule has 0 atom stereocenters. The fraction of sp³-hybridized carbons (Fsp3) is 0.294. The first-order chi connectivity index (χ1) is 11.2. The summed E-state index contributed by atoms with van der Waals surface area (Å²) in [5, 5.41) is 9.58. The Bertz CT molecular complexity index is 793. The Balaban J connectivity index is 1.68. The molecule has 0 unspecified atom stereocenters. The van der Waals surface area contributed by atoms with E-state index in [4.69, 9.17) is 4.74 Å². The van der Waals surface area contributed by atoms with Crippen molar-refractivity contribution in [1.29, 1.82) is 0 Å². The molecule has 3 rings (SSSR count). The Morgan fingerprint density at radius 1 is 1.13 bits per heavy atom. The van der Waals surface area contributed by atoms with Crippen molar-refractivity contribution in [3.8, 4) is 5.75 Å². The summed E-state index contributed by atoms with van der Waals surface area (Å²) in [6.45, 7) is 0. The van der Waals surface area contributed by atoms with Crippen molar-refractivity contribution >= 4 is 11.8 Å². The number of thioether (sulfide) groups is 1. The van der Waals surface area contributed by atoms with Gasteiger partial charge in [-0.05, 0) is 29.8 Å². The van der Waals surface area contributed by atoms with E-state index < -0.39 is 0 Å². The zero-order valence-corrected chi connectivity index (χ0v) is 14.4. The van der Waals surface area contributed by atoms with Gasteiger partial charge in [-0.1, -0.05) is 23.9 Å². The smallest absolute Gasteiger partial charge is 0.191 e. The van der Waals surface area contributed by atoms with Gasteiger partial charge in [0.1, 0.15) is 11.6 Å². The molecule has 23 heavy (non-hydrogen) atoms. The molecule has 0 saturated heterocycles. The van der Waals surface area contributed by atoms with Crippen LogP contribution >= 0.6 is 11.8 Å². The van der Waals surface area contributed by atoms with E-state index in [9.17, 15) is 0 Å². The molecule has 2 aromatic heterocycles. The molecule has 3 aromatic rings. The third-order valence-corrected chi connectivity index (χ3v) is 4.91. The average molecular weight is 328 g/mol. The zero-order valence-electron chi connectivity index (χ0n) is 13.6. The van der Waals surface area contributed by atoms with Gasteiger partial charge in [0.2, 0.25) is 0 Å². The van der Waals surface area contributed by atoms with Crippen LogP contribution in [-0.4, -0.2) is 26.4 Å². The van der Waals surface area contributed by atoms with Crippen molar-refractivity contribution in [1.82, 2.24) is 19.3 Å². The molecule has 0 radical (unpaired) electrons. The van der Waals surface area contributed by atoms with Gasteiger partial charge in [-0.15, -0.1) is 10.2 Å². The predicted molar refractivity (Wildman–Crippen MR) is 91.8 cm³/mol. The lowest BCUT2D eigenvalue weighted by Gasteiger charge is -2.06. The molecule has 1 aromatic carbocycles. The van der Waals surface area contributed by atoms with Crippen LogP contribution in [0.5, 0.6) is 5.75 Å². The minimum absolute atomic E-state index is 0.784. The second-order valence-corrected chi connectivity index (χ2v) is 6.33. The van der Waals surface area contributed by atoms with Gasteiger partial charge in [0.05, 0.1) is 7.11 Å². The number of nitrogens with zero attached hydrogens (tertiary/aromatic N) is 4. The Labute approximate surface area is 140 Å². The molecule has 0 spiro atoms. The summed E-state index contributed by atoms with van der Waals surface area (Å²) >= 11 is 1.68. The number of hydrogen-bond donors (Lipinski definition) is 0. The third-order valence-electron chi connectivity index (χ3n) is 3.82. The minimum atomic E-state index is 0.784. The summed E-state index contributed by atoms with van der Waals surface area (Å²) in [6, 6.07) is 12.3. The third kappa shape index (κ3) is 3.59. The van der Waals surface area contributed by atoms with Crippen LogP contribution in [0.15, 0.2) is 47.8 Å². The van der Waals surface area contributed by atoms with Crippen molar-refractivity contribution in [2.24, 2.45) is 14.1 Å². The van der Waals surface area contributed by atoms with E-state index in [1.807, 2.05) is 44.6 Å². The summed E-state index contributed by atoms with van der Waals surface area (Å²) in [7, 11) is 5.75. The van der Waals surface area contributed by atoms with Crippen molar-refractivity contribution in [2.75, 3.05) is 7.11 Å². The first-order valence-corrected chi connectivity index (χ1v) is 8.40. The van der Waals surface area contributed by atoms with Crippen LogP contribution in [0, 0.1) is 0 Å². The molecule has 0 aliphatic rings. The van der Waals surface area contributed by atoms with Crippen molar-refractivity contribution < 1.29 is 4.74 Å². The molecule has 0 aliphatic carbocycles. The number of methoxy groups -OCH3 is 1. The highest BCUT2D eigenvalue weighted by Crippen LogP contribution is 2.23. The highest BCUT2D eigenvalue weighted by molar-refractivity contribution is 7.98. The highest BCUT2D eigenvalue weighted by atomic mass is 32.2. The van der Waals surface area contributed by atoms with Crippen molar-refractivity contribution in [3.05, 3.63) is 59.7 Å². The number of rotatable bonds is 6. The van der Waals surface area contributed by atoms with Gasteiger partial charge in [0.15, 0.2) is 5.16 Å². The number of aryl methyl sites for hydroxylation is 1. The topological polar surface area (TPSA) is 44.9 Å². The van der Waals surface area contributed by atoms with E-state index in [1.54, 1.807) is 18.9 Å². The van der Waals surface area contributed by atoms with Crippen LogP contribution < -0.4 is 4.74 Å². The maximum Gasteiger partial charge on any atom is 0.191 e. The quantitative estimate of drug-likeness (QED) is 0.653. The SMILES string of the molecule is COc1cccc(CSc2nnc(Cc3cccn3C)n2C)c1. The fourth-order valence-corrected chi connectivity index (χ4v) is 3.25. The molecular weight excluding hydrogens is 308 g/mol. The first-order valence-electron chi connectivity index (χ1n) is 7.41. The number of ether oxygens (including phenoxy) is 1. The van der Waals surface area contributed by atoms with Crippen LogP contribution in [-0.2, 0) is 26.3 Å². The largest absolute Gasteiger partial charge is 0.497 e. The highest BCUT2D eigenvalue weighted by Gasteiger charge is 2.11. The Morgan fingerprint density at radius 3 is 2.74 bits per heavy atom. The van der Waals surface area contributed by atoms with Gasteiger partial charge in [-0.25, -0.2) is 0 Å². The molecule has 120 valence electrons. The van der Waals surface area contributed by atoms with E-state index in [1.165, 1.54) is 11.3 Å². The number of aromatic nitrogens is 4. The van der Waals surface area contributed by atoms with Gasteiger partial charge < -0.3 is 13.9 Å². The fourth-order valence-electron chi connectivity index (χ4n) is 2.38. The van der Waals surface area contributed by atoms with E-state index in [0.717, 1.165) is 28.9 Å². The molecule has 2 heterocycles. The molecule has 0 fully saturated rings. The Hall–Kier alpha value is -2.21. The normalized spacial score (nSPS) is 10.9. The second-order valence-electron chi connectivity index (χ2n) is 5.39. The molecular formula is C17H20N4OS. The summed E-state index contributed by atoms with van der Waals surface area (Å²) < 4.78 is 9.44. The lowest BCUT2D eigenvalue weighted by atomic mass is 10.2. The monoisotopic (exact) mass is 328 g/mol. The Kier molecular flexibility index (Phi) is 4.71. The van der Waals surface area contributed by atoms with E-state index in [-0.39, 0.29) is 0 Å². The standard InChI is InChI=1S/C17H20N4OS/c1-20-9-5-7-14(20)11-16-18-19-17(21(16)2)23-12-13-6-4-8-15(10-13)22-3/h4-10H,11-12H2,1-3H3. The predicted octanol–water partition coefficient (Wildman–Crippen LogP) is 3.05. The van der Waals surface area contributed by atoms with Crippen LogP contribution in [0.2, 0.25) is 0 Å². The van der Waals surface area contributed by atoms with Crippen LogP contribution in [0.1, 0.15) is 17.1 Å². The van der Waals surface area contributed by atoms with Gasteiger partial charge >= 0.3 is 0 Å². The van der Waals surface area contributed by atoms with Gasteiger partial charge in [0.25, 0.3) is 0 Å². The Morgan fingerprint density at radius 2 is 2.00 bits per heavy atom. The average Bonchev–Trinajstić information content (AvgIpc) is 3.13. The maximum absolute atomic E-state index is 5.26. The van der Waals surface area contributed by atoms with E-state index in [2.05, 4.69) is 31.5 Å². The number of hydrogen-bond acceptors (Lipinski definition) is 4.